The zero-order valence-electron chi connectivity index (χ0n) is 23.9. The van der Waals surface area contributed by atoms with E-state index in [9.17, 15) is 8.42 Å². The SMILES string of the molecule is COc1ccc(CNc2nc3cc(N(C)c4ccnc(Nc5ccc(CCS(C)(=O)=O)cc5)n4)ccc3n2C)cc1.Cl. The fourth-order valence-corrected chi connectivity index (χ4v) is 5.00. The molecule has 0 bridgehead atoms. The van der Waals surface area contributed by atoms with Crippen molar-refractivity contribution >= 4 is 62.4 Å². The molecule has 5 rings (SSSR count). The van der Waals surface area contributed by atoms with Crippen LogP contribution in [0.25, 0.3) is 11.0 Å². The first-order valence-corrected chi connectivity index (χ1v) is 15.2. The third-order valence-corrected chi connectivity index (χ3v) is 7.76. The molecule has 3 aromatic carbocycles. The van der Waals surface area contributed by atoms with Gasteiger partial charge in [-0.3, -0.25) is 0 Å². The average Bonchev–Trinajstić information content (AvgIpc) is 3.29. The maximum atomic E-state index is 11.4. The Morgan fingerprint density at radius 1 is 0.952 bits per heavy atom. The Bertz CT molecular complexity index is 1760. The minimum atomic E-state index is -3.00. The van der Waals surface area contributed by atoms with Crippen LogP contribution in [0.3, 0.4) is 0 Å². The Balaban J connectivity index is 0.00000405. The van der Waals surface area contributed by atoms with E-state index in [0.717, 1.165) is 51.1 Å². The van der Waals surface area contributed by atoms with E-state index >= 15 is 0 Å². The van der Waals surface area contributed by atoms with Gasteiger partial charge in [0, 0.05) is 44.5 Å². The van der Waals surface area contributed by atoms with Crippen molar-refractivity contribution in [3.8, 4) is 5.75 Å². The molecule has 0 unspecified atom stereocenters. The van der Waals surface area contributed by atoms with Gasteiger partial charge in [-0.05, 0) is 66.1 Å². The maximum absolute atomic E-state index is 11.4. The second-order valence-corrected chi connectivity index (χ2v) is 12.1. The topological polar surface area (TPSA) is 114 Å². The highest BCUT2D eigenvalue weighted by molar-refractivity contribution is 7.90. The third kappa shape index (κ3) is 7.48. The van der Waals surface area contributed by atoms with Crippen molar-refractivity contribution < 1.29 is 13.2 Å². The van der Waals surface area contributed by atoms with Gasteiger partial charge in [0.05, 0.1) is 23.9 Å². The van der Waals surface area contributed by atoms with Crippen molar-refractivity contribution in [3.05, 3.63) is 90.1 Å². The van der Waals surface area contributed by atoms with E-state index in [1.54, 1.807) is 13.3 Å². The lowest BCUT2D eigenvalue weighted by Crippen LogP contribution is -2.12. The number of ether oxygens (including phenoxy) is 1. The van der Waals surface area contributed by atoms with Gasteiger partial charge < -0.3 is 24.8 Å². The normalized spacial score (nSPS) is 11.1. The van der Waals surface area contributed by atoms with Crippen LogP contribution in [-0.2, 0) is 29.9 Å². The monoisotopic (exact) mass is 607 g/mol. The highest BCUT2D eigenvalue weighted by Gasteiger charge is 2.13. The molecule has 10 nitrogen and oxygen atoms in total. The van der Waals surface area contributed by atoms with Gasteiger partial charge in [0.1, 0.15) is 21.4 Å². The van der Waals surface area contributed by atoms with Crippen LogP contribution in [0.2, 0.25) is 0 Å². The molecule has 12 heteroatoms. The van der Waals surface area contributed by atoms with Gasteiger partial charge in [0.2, 0.25) is 11.9 Å². The highest BCUT2D eigenvalue weighted by atomic mass is 35.5. The molecule has 0 fully saturated rings. The van der Waals surface area contributed by atoms with E-state index in [-0.39, 0.29) is 18.2 Å². The third-order valence-electron chi connectivity index (χ3n) is 6.82. The van der Waals surface area contributed by atoms with Crippen molar-refractivity contribution in [2.75, 3.05) is 41.7 Å². The fraction of sp³-hybridized carbons (Fsp3) is 0.233. The molecule has 0 radical (unpaired) electrons. The molecule has 0 aliphatic heterocycles. The van der Waals surface area contributed by atoms with Gasteiger partial charge in [-0.1, -0.05) is 24.3 Å². The number of anilines is 5. The van der Waals surface area contributed by atoms with Crippen molar-refractivity contribution in [1.82, 2.24) is 19.5 Å². The van der Waals surface area contributed by atoms with Crippen LogP contribution in [0.5, 0.6) is 5.75 Å². The van der Waals surface area contributed by atoms with Gasteiger partial charge in [0.15, 0.2) is 0 Å². The summed E-state index contributed by atoms with van der Waals surface area (Å²) in [6, 6.07) is 23.6. The molecule has 0 atom stereocenters. The van der Waals surface area contributed by atoms with E-state index in [2.05, 4.69) is 21.7 Å². The number of fused-ring (bicyclic) bond motifs is 1. The van der Waals surface area contributed by atoms with Crippen LogP contribution in [-0.4, -0.2) is 54.1 Å². The number of hydrogen-bond donors (Lipinski definition) is 2. The summed E-state index contributed by atoms with van der Waals surface area (Å²) >= 11 is 0. The largest absolute Gasteiger partial charge is 0.497 e. The first-order valence-electron chi connectivity index (χ1n) is 13.1. The zero-order valence-corrected chi connectivity index (χ0v) is 25.5. The Kier molecular flexibility index (Phi) is 9.54. The minimum Gasteiger partial charge on any atom is -0.497 e. The second kappa shape index (κ2) is 13.1. The molecule has 0 aliphatic carbocycles. The average molecular weight is 608 g/mol. The molecule has 2 N–H and O–H groups in total. The molecule has 0 spiro atoms. The first-order chi connectivity index (χ1) is 19.7. The number of nitrogens with zero attached hydrogens (tertiary/aromatic N) is 5. The summed E-state index contributed by atoms with van der Waals surface area (Å²) in [6.45, 7) is 0.647. The van der Waals surface area contributed by atoms with Crippen LogP contribution in [0.4, 0.5) is 29.1 Å². The van der Waals surface area contributed by atoms with Gasteiger partial charge in [-0.15, -0.1) is 12.4 Å². The summed E-state index contributed by atoms with van der Waals surface area (Å²) in [5.41, 5.74) is 5.74. The summed E-state index contributed by atoms with van der Waals surface area (Å²) < 4.78 is 30.1. The second-order valence-electron chi connectivity index (χ2n) is 9.87. The summed E-state index contributed by atoms with van der Waals surface area (Å²) in [6.07, 6.45) is 3.44. The lowest BCUT2D eigenvalue weighted by molar-refractivity contribution is 0.414. The van der Waals surface area contributed by atoms with Gasteiger partial charge >= 0.3 is 0 Å². The van der Waals surface area contributed by atoms with Crippen molar-refractivity contribution in [2.24, 2.45) is 7.05 Å². The predicted molar refractivity (Wildman–Crippen MR) is 172 cm³/mol. The van der Waals surface area contributed by atoms with E-state index in [4.69, 9.17) is 14.7 Å². The molecule has 0 saturated heterocycles. The number of aryl methyl sites for hydroxylation is 2. The summed E-state index contributed by atoms with van der Waals surface area (Å²) in [4.78, 5) is 15.9. The van der Waals surface area contributed by atoms with Gasteiger partial charge in [0.25, 0.3) is 0 Å². The van der Waals surface area contributed by atoms with E-state index in [1.807, 2.05) is 90.3 Å². The number of nitrogens with one attached hydrogen (secondary N) is 2. The lowest BCUT2D eigenvalue weighted by Gasteiger charge is -2.19. The van der Waals surface area contributed by atoms with Crippen LogP contribution < -0.4 is 20.3 Å². The highest BCUT2D eigenvalue weighted by Crippen LogP contribution is 2.28. The Hall–Kier alpha value is -4.35. The Morgan fingerprint density at radius 2 is 1.67 bits per heavy atom. The molecule has 0 saturated carbocycles. The number of aromatic nitrogens is 4. The molecule has 220 valence electrons. The number of rotatable bonds is 11. The number of methoxy groups -OCH3 is 1. The van der Waals surface area contributed by atoms with Crippen molar-refractivity contribution in [3.63, 3.8) is 0 Å². The predicted octanol–water partition coefficient (Wildman–Crippen LogP) is 5.50. The van der Waals surface area contributed by atoms with Crippen LogP contribution in [0, 0.1) is 0 Å². The molecule has 42 heavy (non-hydrogen) atoms. The molecular weight excluding hydrogens is 574 g/mol. The van der Waals surface area contributed by atoms with Crippen LogP contribution in [0.1, 0.15) is 11.1 Å². The van der Waals surface area contributed by atoms with Crippen molar-refractivity contribution in [1.29, 1.82) is 0 Å². The van der Waals surface area contributed by atoms with E-state index < -0.39 is 9.84 Å². The summed E-state index contributed by atoms with van der Waals surface area (Å²) in [5, 5.41) is 6.65. The van der Waals surface area contributed by atoms with E-state index in [1.165, 1.54) is 6.26 Å². The standard InChI is InChI=1S/C30H33N7O3S.ClH/c1-36(28-15-17-31-29(35-28)33-23-9-5-21(6-10-23)16-18-41(4,38)39)24-11-14-27-26(19-24)34-30(37(27)2)32-20-22-7-12-25(40-3)13-8-22;/h5-15,17,19H,16,18,20H2,1-4H3,(H,32,34)(H,31,33,35);1H. The zero-order chi connectivity index (χ0) is 29.0. The van der Waals surface area contributed by atoms with Crippen LogP contribution >= 0.6 is 12.4 Å². The smallest absolute Gasteiger partial charge is 0.229 e. The molecular formula is C30H34ClN7O3S. The quantitative estimate of drug-likeness (QED) is 0.201. The number of halogens is 1. The van der Waals surface area contributed by atoms with Gasteiger partial charge in [-0.2, -0.15) is 4.98 Å². The molecule has 2 aromatic heterocycles. The number of hydrogen-bond acceptors (Lipinski definition) is 9. The maximum Gasteiger partial charge on any atom is 0.229 e. The minimum absolute atomic E-state index is 0. The first kappa shape index (κ1) is 30.6. The number of sulfone groups is 1. The van der Waals surface area contributed by atoms with Crippen molar-refractivity contribution in [2.45, 2.75) is 13.0 Å². The lowest BCUT2D eigenvalue weighted by atomic mass is 10.1. The fourth-order valence-electron chi connectivity index (χ4n) is 4.40. The Labute approximate surface area is 252 Å². The molecule has 2 heterocycles. The van der Waals surface area contributed by atoms with Crippen LogP contribution in [0.15, 0.2) is 79.0 Å². The molecule has 5 aromatic rings. The Morgan fingerprint density at radius 3 is 2.36 bits per heavy atom. The molecule has 0 amide bonds. The van der Waals surface area contributed by atoms with Gasteiger partial charge in [-0.25, -0.2) is 18.4 Å². The summed E-state index contributed by atoms with van der Waals surface area (Å²) in [7, 11) is 2.61. The summed E-state index contributed by atoms with van der Waals surface area (Å²) in [5.74, 6) is 2.93. The van der Waals surface area contributed by atoms with E-state index in [0.29, 0.717) is 18.9 Å². The number of benzene rings is 3. The molecule has 0 aliphatic rings. The number of imidazole rings is 1.